The Bertz CT molecular complexity index is 363. The molecule has 0 spiro atoms. The first kappa shape index (κ1) is 11.9. The van der Waals surface area contributed by atoms with Gasteiger partial charge in [-0.25, -0.2) is 4.39 Å². The third kappa shape index (κ3) is 3.19. The fourth-order valence-corrected chi connectivity index (χ4v) is 2.26. The highest BCUT2D eigenvalue weighted by molar-refractivity contribution is 6.31. The topological polar surface area (TPSA) is 12.0 Å². The number of benzene rings is 1. The van der Waals surface area contributed by atoms with Gasteiger partial charge < -0.3 is 5.32 Å². The average molecular weight is 242 g/mol. The number of hydrogen-bond acceptors (Lipinski definition) is 1. The van der Waals surface area contributed by atoms with Gasteiger partial charge >= 0.3 is 0 Å². The lowest BCUT2D eigenvalue weighted by Gasteiger charge is -2.16. The van der Waals surface area contributed by atoms with Crippen molar-refractivity contribution in [3.63, 3.8) is 0 Å². The molecule has 1 atom stereocenters. The van der Waals surface area contributed by atoms with Crippen LogP contribution in [0.25, 0.3) is 0 Å². The minimum atomic E-state index is -0.267. The number of halogens is 2. The summed E-state index contributed by atoms with van der Waals surface area (Å²) < 4.78 is 12.9. The molecule has 0 radical (unpaired) electrons. The summed E-state index contributed by atoms with van der Waals surface area (Å²) in [4.78, 5) is 0. The molecule has 1 aromatic rings. The van der Waals surface area contributed by atoms with Crippen molar-refractivity contribution in [1.82, 2.24) is 5.32 Å². The maximum absolute atomic E-state index is 12.9. The smallest absolute Gasteiger partial charge is 0.124 e. The van der Waals surface area contributed by atoms with Gasteiger partial charge in [0.2, 0.25) is 0 Å². The van der Waals surface area contributed by atoms with Crippen LogP contribution in [0.2, 0.25) is 5.02 Å². The van der Waals surface area contributed by atoms with Crippen LogP contribution >= 0.6 is 11.6 Å². The van der Waals surface area contributed by atoms with Crippen LogP contribution < -0.4 is 5.32 Å². The molecule has 1 unspecified atom stereocenters. The van der Waals surface area contributed by atoms with Crippen molar-refractivity contribution in [3.05, 3.63) is 34.6 Å². The Morgan fingerprint density at radius 3 is 2.81 bits per heavy atom. The highest BCUT2D eigenvalue weighted by Crippen LogP contribution is 2.34. The zero-order valence-corrected chi connectivity index (χ0v) is 10.2. The van der Waals surface area contributed by atoms with Gasteiger partial charge in [0.05, 0.1) is 0 Å². The lowest BCUT2D eigenvalue weighted by atomic mass is 10.0. The van der Waals surface area contributed by atoms with Gasteiger partial charge in [-0.1, -0.05) is 30.5 Å². The second-order valence-corrected chi connectivity index (χ2v) is 5.01. The van der Waals surface area contributed by atoms with Crippen molar-refractivity contribution in [2.45, 2.75) is 31.7 Å². The van der Waals surface area contributed by atoms with Crippen molar-refractivity contribution in [3.8, 4) is 0 Å². The lowest BCUT2D eigenvalue weighted by Crippen LogP contribution is -2.28. The molecule has 1 aromatic carbocycles. The third-order valence-electron chi connectivity index (χ3n) is 3.20. The van der Waals surface area contributed by atoms with E-state index in [9.17, 15) is 4.39 Å². The van der Waals surface area contributed by atoms with E-state index in [1.54, 1.807) is 6.07 Å². The monoisotopic (exact) mass is 241 g/mol. The van der Waals surface area contributed by atoms with Gasteiger partial charge in [0.25, 0.3) is 0 Å². The SMILES string of the molecule is CNC(Cc1ccc(F)cc1Cl)CC1CC1. The number of hydrogen-bond donors (Lipinski definition) is 1. The molecule has 0 aliphatic heterocycles. The molecular weight excluding hydrogens is 225 g/mol. The van der Waals surface area contributed by atoms with Crippen molar-refractivity contribution in [1.29, 1.82) is 0 Å². The predicted octanol–water partition coefficient (Wildman–Crippen LogP) is 3.41. The first-order valence-corrected chi connectivity index (χ1v) is 6.18. The van der Waals surface area contributed by atoms with Crippen LogP contribution in [0.5, 0.6) is 0 Å². The molecular formula is C13H17ClFN. The maximum atomic E-state index is 12.9. The van der Waals surface area contributed by atoms with Crippen LogP contribution in [0, 0.1) is 11.7 Å². The van der Waals surface area contributed by atoms with E-state index < -0.39 is 0 Å². The van der Waals surface area contributed by atoms with Crippen molar-refractivity contribution >= 4 is 11.6 Å². The molecule has 3 heteroatoms. The van der Waals surface area contributed by atoms with Crippen LogP contribution in [-0.2, 0) is 6.42 Å². The molecule has 0 heterocycles. The van der Waals surface area contributed by atoms with E-state index in [1.165, 1.54) is 31.4 Å². The van der Waals surface area contributed by atoms with Gasteiger partial charge in [0.15, 0.2) is 0 Å². The van der Waals surface area contributed by atoms with Crippen LogP contribution in [-0.4, -0.2) is 13.1 Å². The quantitative estimate of drug-likeness (QED) is 0.833. The van der Waals surface area contributed by atoms with E-state index >= 15 is 0 Å². The second-order valence-electron chi connectivity index (χ2n) is 4.60. The Morgan fingerprint density at radius 1 is 1.50 bits per heavy atom. The number of rotatable bonds is 5. The summed E-state index contributed by atoms with van der Waals surface area (Å²) in [5, 5.41) is 3.85. The van der Waals surface area contributed by atoms with Crippen LogP contribution in [0.15, 0.2) is 18.2 Å². The summed E-state index contributed by atoms with van der Waals surface area (Å²) in [6.07, 6.45) is 4.79. The molecule has 0 saturated heterocycles. The van der Waals surface area contributed by atoms with Crippen LogP contribution in [0.4, 0.5) is 4.39 Å². The van der Waals surface area contributed by atoms with Gasteiger partial charge in [-0.3, -0.25) is 0 Å². The molecule has 1 N–H and O–H groups in total. The van der Waals surface area contributed by atoms with Crippen molar-refractivity contribution in [2.75, 3.05) is 7.05 Å². The van der Waals surface area contributed by atoms with Gasteiger partial charge in [-0.2, -0.15) is 0 Å². The second kappa shape index (κ2) is 5.15. The van der Waals surface area contributed by atoms with Crippen LogP contribution in [0.1, 0.15) is 24.8 Å². The lowest BCUT2D eigenvalue weighted by molar-refractivity contribution is 0.490. The average Bonchev–Trinajstić information content (AvgIpc) is 3.04. The summed E-state index contributed by atoms with van der Waals surface area (Å²) >= 11 is 6.01. The fourth-order valence-electron chi connectivity index (χ4n) is 2.01. The summed E-state index contributed by atoms with van der Waals surface area (Å²) in [7, 11) is 1.98. The Balaban J connectivity index is 1.99. The van der Waals surface area contributed by atoms with Gasteiger partial charge in [-0.05, 0) is 43.5 Å². The van der Waals surface area contributed by atoms with E-state index in [1.807, 2.05) is 7.05 Å². The molecule has 1 saturated carbocycles. The standard InChI is InChI=1S/C13H17ClFN/c1-16-12(6-9-2-3-9)7-10-4-5-11(15)8-13(10)14/h4-5,8-9,12,16H,2-3,6-7H2,1H3. The van der Waals surface area contributed by atoms with E-state index in [-0.39, 0.29) is 5.82 Å². The van der Waals surface area contributed by atoms with E-state index in [4.69, 9.17) is 11.6 Å². The first-order chi connectivity index (χ1) is 7.69. The molecule has 0 bridgehead atoms. The molecule has 1 aliphatic rings. The molecule has 16 heavy (non-hydrogen) atoms. The maximum Gasteiger partial charge on any atom is 0.124 e. The van der Waals surface area contributed by atoms with Crippen molar-refractivity contribution in [2.24, 2.45) is 5.92 Å². The molecule has 1 aliphatic carbocycles. The Hall–Kier alpha value is -0.600. The molecule has 2 rings (SSSR count). The number of nitrogens with one attached hydrogen (secondary N) is 1. The fraction of sp³-hybridized carbons (Fsp3) is 0.538. The summed E-state index contributed by atoms with van der Waals surface area (Å²) in [5.41, 5.74) is 1.03. The highest BCUT2D eigenvalue weighted by atomic mass is 35.5. The molecule has 0 amide bonds. The Labute approximate surface area is 101 Å². The Kier molecular flexibility index (Phi) is 3.82. The van der Waals surface area contributed by atoms with E-state index in [2.05, 4.69) is 5.32 Å². The zero-order chi connectivity index (χ0) is 11.5. The highest BCUT2D eigenvalue weighted by Gasteiger charge is 2.25. The van der Waals surface area contributed by atoms with E-state index in [0.717, 1.165) is 17.9 Å². The van der Waals surface area contributed by atoms with Gasteiger partial charge in [-0.15, -0.1) is 0 Å². The Morgan fingerprint density at radius 2 is 2.25 bits per heavy atom. The molecule has 88 valence electrons. The van der Waals surface area contributed by atoms with Gasteiger partial charge in [0.1, 0.15) is 5.82 Å². The molecule has 1 nitrogen and oxygen atoms in total. The van der Waals surface area contributed by atoms with Crippen LogP contribution in [0.3, 0.4) is 0 Å². The van der Waals surface area contributed by atoms with Gasteiger partial charge in [0, 0.05) is 11.1 Å². The normalized spacial score (nSPS) is 17.4. The predicted molar refractivity (Wildman–Crippen MR) is 65.3 cm³/mol. The number of likely N-dealkylation sites (N-methyl/N-ethyl adjacent to an activating group) is 1. The minimum Gasteiger partial charge on any atom is -0.317 e. The third-order valence-corrected chi connectivity index (χ3v) is 3.56. The van der Waals surface area contributed by atoms with Crippen molar-refractivity contribution < 1.29 is 4.39 Å². The summed E-state index contributed by atoms with van der Waals surface area (Å²) in [6.45, 7) is 0. The molecule has 1 fully saturated rings. The zero-order valence-electron chi connectivity index (χ0n) is 9.47. The van der Waals surface area contributed by atoms with E-state index in [0.29, 0.717) is 11.1 Å². The minimum absolute atomic E-state index is 0.267. The largest absolute Gasteiger partial charge is 0.317 e. The first-order valence-electron chi connectivity index (χ1n) is 5.80. The summed E-state index contributed by atoms with van der Waals surface area (Å²) in [5.74, 6) is 0.619. The molecule has 0 aromatic heterocycles. The summed E-state index contributed by atoms with van der Waals surface area (Å²) in [6, 6.07) is 5.11.